The first kappa shape index (κ1) is 8.75. The number of piperidine rings is 1. The molecule has 0 N–H and O–H groups in total. The first-order chi connectivity index (χ1) is 6.36. The Labute approximate surface area is 82.8 Å². The van der Waals surface area contributed by atoms with E-state index in [2.05, 4.69) is 14.9 Å². The number of nitrogens with zero attached hydrogens (tertiary/aromatic N) is 3. The van der Waals surface area contributed by atoms with E-state index >= 15 is 0 Å². The van der Waals surface area contributed by atoms with Gasteiger partial charge in [0.2, 0.25) is 0 Å². The topological polar surface area (TPSA) is 29.0 Å². The third-order valence-corrected chi connectivity index (χ3v) is 2.75. The molecule has 1 aromatic rings. The average Bonchev–Trinajstić information content (AvgIpc) is 2.20. The molecule has 4 heteroatoms. The SMILES string of the molecule is ClC1CCN(c2ccncn2)CC1. The van der Waals surface area contributed by atoms with Gasteiger partial charge in [0.25, 0.3) is 0 Å². The second kappa shape index (κ2) is 3.92. The van der Waals surface area contributed by atoms with Crippen molar-refractivity contribution in [3.63, 3.8) is 0 Å². The van der Waals surface area contributed by atoms with Gasteiger partial charge in [-0.25, -0.2) is 9.97 Å². The summed E-state index contributed by atoms with van der Waals surface area (Å²) in [6.45, 7) is 2.01. The van der Waals surface area contributed by atoms with E-state index in [1.165, 1.54) is 0 Å². The third kappa shape index (κ3) is 2.10. The summed E-state index contributed by atoms with van der Waals surface area (Å²) in [5.74, 6) is 1.01. The highest BCUT2D eigenvalue weighted by molar-refractivity contribution is 6.20. The fraction of sp³-hybridized carbons (Fsp3) is 0.556. The van der Waals surface area contributed by atoms with Crippen LogP contribution in [-0.4, -0.2) is 28.4 Å². The Morgan fingerprint density at radius 3 is 2.77 bits per heavy atom. The summed E-state index contributed by atoms with van der Waals surface area (Å²) in [5.41, 5.74) is 0. The van der Waals surface area contributed by atoms with Gasteiger partial charge in [0, 0.05) is 24.7 Å². The highest BCUT2D eigenvalue weighted by atomic mass is 35.5. The minimum absolute atomic E-state index is 0.345. The van der Waals surface area contributed by atoms with Gasteiger partial charge in [0.15, 0.2) is 0 Å². The van der Waals surface area contributed by atoms with Crippen LogP contribution in [0.2, 0.25) is 0 Å². The molecule has 0 saturated carbocycles. The molecular weight excluding hydrogens is 186 g/mol. The Bertz CT molecular complexity index is 257. The highest BCUT2D eigenvalue weighted by Gasteiger charge is 2.17. The molecule has 0 atom stereocenters. The van der Waals surface area contributed by atoms with Gasteiger partial charge >= 0.3 is 0 Å². The Morgan fingerprint density at radius 2 is 2.15 bits per heavy atom. The van der Waals surface area contributed by atoms with Crippen molar-refractivity contribution in [2.24, 2.45) is 0 Å². The lowest BCUT2D eigenvalue weighted by Gasteiger charge is -2.29. The number of alkyl halides is 1. The number of rotatable bonds is 1. The van der Waals surface area contributed by atoms with Gasteiger partial charge in [-0.05, 0) is 18.9 Å². The fourth-order valence-corrected chi connectivity index (χ4v) is 1.74. The predicted octanol–water partition coefficient (Wildman–Crippen LogP) is 1.68. The smallest absolute Gasteiger partial charge is 0.131 e. The maximum Gasteiger partial charge on any atom is 0.131 e. The lowest BCUT2D eigenvalue weighted by molar-refractivity contribution is 0.580. The standard InChI is InChI=1S/C9H12ClN3/c10-8-2-5-13(6-3-8)9-1-4-11-7-12-9/h1,4,7-8H,2-3,5-6H2. The third-order valence-electron chi connectivity index (χ3n) is 2.31. The summed E-state index contributed by atoms with van der Waals surface area (Å²) in [5, 5.41) is 0.345. The fourth-order valence-electron chi connectivity index (χ4n) is 1.55. The second-order valence-corrected chi connectivity index (χ2v) is 3.85. The number of anilines is 1. The van der Waals surface area contributed by atoms with E-state index in [1.807, 2.05) is 6.07 Å². The molecule has 0 spiro atoms. The molecule has 0 aromatic carbocycles. The van der Waals surface area contributed by atoms with Gasteiger partial charge in [-0.1, -0.05) is 0 Å². The Morgan fingerprint density at radius 1 is 1.38 bits per heavy atom. The zero-order chi connectivity index (χ0) is 9.10. The zero-order valence-corrected chi connectivity index (χ0v) is 8.11. The maximum absolute atomic E-state index is 6.01. The molecule has 1 aliphatic rings. The number of hydrogen-bond donors (Lipinski definition) is 0. The minimum atomic E-state index is 0.345. The summed E-state index contributed by atoms with van der Waals surface area (Å²) in [6, 6.07) is 1.94. The summed E-state index contributed by atoms with van der Waals surface area (Å²) >= 11 is 6.01. The van der Waals surface area contributed by atoms with Crippen molar-refractivity contribution in [1.29, 1.82) is 0 Å². The van der Waals surface area contributed by atoms with Crippen LogP contribution < -0.4 is 4.90 Å². The van der Waals surface area contributed by atoms with E-state index < -0.39 is 0 Å². The van der Waals surface area contributed by atoms with Gasteiger partial charge in [0.1, 0.15) is 12.1 Å². The normalized spacial score (nSPS) is 19.0. The van der Waals surface area contributed by atoms with Crippen LogP contribution in [-0.2, 0) is 0 Å². The van der Waals surface area contributed by atoms with Gasteiger partial charge in [-0.15, -0.1) is 11.6 Å². The highest BCUT2D eigenvalue weighted by Crippen LogP contribution is 2.19. The van der Waals surface area contributed by atoms with E-state index in [0.29, 0.717) is 5.38 Å². The average molecular weight is 198 g/mol. The van der Waals surface area contributed by atoms with Crippen LogP contribution in [0.1, 0.15) is 12.8 Å². The summed E-state index contributed by atoms with van der Waals surface area (Å²) in [6.07, 6.45) is 5.45. The van der Waals surface area contributed by atoms with Gasteiger partial charge < -0.3 is 4.90 Å². The number of aromatic nitrogens is 2. The van der Waals surface area contributed by atoms with Crippen molar-refractivity contribution >= 4 is 17.4 Å². The van der Waals surface area contributed by atoms with Crippen molar-refractivity contribution in [1.82, 2.24) is 9.97 Å². The van der Waals surface area contributed by atoms with E-state index in [9.17, 15) is 0 Å². The van der Waals surface area contributed by atoms with E-state index in [4.69, 9.17) is 11.6 Å². The van der Waals surface area contributed by atoms with Crippen LogP contribution in [0.15, 0.2) is 18.6 Å². The molecule has 0 aliphatic carbocycles. The molecular formula is C9H12ClN3. The van der Waals surface area contributed by atoms with Gasteiger partial charge in [-0.2, -0.15) is 0 Å². The van der Waals surface area contributed by atoms with Gasteiger partial charge in [-0.3, -0.25) is 0 Å². The first-order valence-corrected chi connectivity index (χ1v) is 4.95. The molecule has 70 valence electrons. The van der Waals surface area contributed by atoms with Crippen LogP contribution in [0.4, 0.5) is 5.82 Å². The molecule has 2 rings (SSSR count). The molecule has 3 nitrogen and oxygen atoms in total. The Balaban J connectivity index is 2.03. The number of hydrogen-bond acceptors (Lipinski definition) is 3. The molecule has 1 aromatic heterocycles. The van der Waals surface area contributed by atoms with Crippen molar-refractivity contribution < 1.29 is 0 Å². The molecule has 0 radical (unpaired) electrons. The minimum Gasteiger partial charge on any atom is -0.356 e. The van der Waals surface area contributed by atoms with Crippen molar-refractivity contribution in [2.75, 3.05) is 18.0 Å². The summed E-state index contributed by atoms with van der Waals surface area (Å²) in [4.78, 5) is 10.3. The first-order valence-electron chi connectivity index (χ1n) is 4.51. The van der Waals surface area contributed by atoms with Crippen LogP contribution in [0.25, 0.3) is 0 Å². The summed E-state index contributed by atoms with van der Waals surface area (Å²) in [7, 11) is 0. The van der Waals surface area contributed by atoms with Crippen LogP contribution in [0.3, 0.4) is 0 Å². The molecule has 2 heterocycles. The van der Waals surface area contributed by atoms with Crippen LogP contribution in [0, 0.1) is 0 Å². The maximum atomic E-state index is 6.01. The van der Waals surface area contributed by atoms with Gasteiger partial charge in [0.05, 0.1) is 0 Å². The Hall–Kier alpha value is -0.830. The second-order valence-electron chi connectivity index (χ2n) is 3.23. The van der Waals surface area contributed by atoms with Crippen molar-refractivity contribution in [3.05, 3.63) is 18.6 Å². The van der Waals surface area contributed by atoms with Crippen LogP contribution >= 0.6 is 11.6 Å². The quantitative estimate of drug-likeness (QED) is 0.642. The van der Waals surface area contributed by atoms with Crippen molar-refractivity contribution in [3.8, 4) is 0 Å². The lowest BCUT2D eigenvalue weighted by Crippen LogP contribution is -2.34. The van der Waals surface area contributed by atoms with E-state index in [-0.39, 0.29) is 0 Å². The molecule has 1 saturated heterocycles. The summed E-state index contributed by atoms with van der Waals surface area (Å²) < 4.78 is 0. The zero-order valence-electron chi connectivity index (χ0n) is 7.36. The van der Waals surface area contributed by atoms with E-state index in [0.717, 1.165) is 31.7 Å². The molecule has 0 bridgehead atoms. The van der Waals surface area contributed by atoms with E-state index in [1.54, 1.807) is 12.5 Å². The molecule has 13 heavy (non-hydrogen) atoms. The molecule has 0 amide bonds. The Kier molecular flexibility index (Phi) is 2.64. The van der Waals surface area contributed by atoms with Crippen LogP contribution in [0.5, 0.6) is 0 Å². The monoisotopic (exact) mass is 197 g/mol. The lowest BCUT2D eigenvalue weighted by atomic mass is 10.1. The molecule has 1 fully saturated rings. The molecule has 0 unspecified atom stereocenters. The largest absolute Gasteiger partial charge is 0.356 e. The number of halogens is 1. The molecule has 1 aliphatic heterocycles. The predicted molar refractivity (Wildman–Crippen MR) is 53.1 cm³/mol. The van der Waals surface area contributed by atoms with Crippen molar-refractivity contribution in [2.45, 2.75) is 18.2 Å².